The van der Waals surface area contributed by atoms with Gasteiger partial charge in [0.2, 0.25) is 0 Å². The molecule has 1 heterocycles. The van der Waals surface area contributed by atoms with Crippen molar-refractivity contribution in [2.45, 2.75) is 0 Å². The van der Waals surface area contributed by atoms with E-state index in [1.54, 1.807) is 12.1 Å². The summed E-state index contributed by atoms with van der Waals surface area (Å²) in [7, 11) is 0. The minimum Gasteiger partial charge on any atom is -0.465 e. The van der Waals surface area contributed by atoms with Crippen molar-refractivity contribution < 1.29 is 18.0 Å². The van der Waals surface area contributed by atoms with E-state index in [-0.39, 0.29) is 5.56 Å². The van der Waals surface area contributed by atoms with Gasteiger partial charge in [-0.1, -0.05) is 0 Å². The molecule has 4 heteroatoms. The van der Waals surface area contributed by atoms with Crippen LogP contribution in [0.1, 0.15) is 16.1 Å². The number of hydrogen-bond donors (Lipinski definition) is 0. The molecule has 1 aromatic carbocycles. The number of allylic oxidation sites excluding steroid dienone is 1. The van der Waals surface area contributed by atoms with Crippen LogP contribution in [-0.2, 0) is 0 Å². The Kier molecular flexibility index (Phi) is 3.14. The lowest BCUT2D eigenvalue weighted by Crippen LogP contribution is -1.96. The van der Waals surface area contributed by atoms with Gasteiger partial charge in [-0.15, -0.1) is 0 Å². The van der Waals surface area contributed by atoms with Crippen LogP contribution < -0.4 is 0 Å². The van der Waals surface area contributed by atoms with Crippen molar-refractivity contribution in [3.63, 3.8) is 0 Å². The normalized spacial score (nSPS) is 10.9. The third-order valence-electron chi connectivity index (χ3n) is 2.09. The van der Waals surface area contributed by atoms with Gasteiger partial charge >= 0.3 is 0 Å². The second-order valence-electron chi connectivity index (χ2n) is 3.37. The molecular weight excluding hydrogens is 226 g/mol. The average Bonchev–Trinajstić information content (AvgIpc) is 2.77. The standard InChI is InChI=1S/C13H8F2O2/c14-10-6-9(7-11(15)8-10)13(16)4-3-12-2-1-5-17-12/h1-8H/b4-3+. The summed E-state index contributed by atoms with van der Waals surface area (Å²) in [6.07, 6.45) is 4.10. The molecule has 0 radical (unpaired) electrons. The molecule has 0 spiro atoms. The van der Waals surface area contributed by atoms with Crippen molar-refractivity contribution in [2.24, 2.45) is 0 Å². The fourth-order valence-electron chi connectivity index (χ4n) is 1.34. The molecule has 0 aliphatic carbocycles. The summed E-state index contributed by atoms with van der Waals surface area (Å²) in [4.78, 5) is 11.6. The third-order valence-corrected chi connectivity index (χ3v) is 2.09. The molecule has 2 nitrogen and oxygen atoms in total. The molecule has 17 heavy (non-hydrogen) atoms. The van der Waals surface area contributed by atoms with E-state index in [0.29, 0.717) is 11.8 Å². The van der Waals surface area contributed by atoms with Crippen LogP contribution in [0.15, 0.2) is 47.1 Å². The first-order valence-corrected chi connectivity index (χ1v) is 4.87. The highest BCUT2D eigenvalue weighted by Crippen LogP contribution is 2.10. The van der Waals surface area contributed by atoms with Crippen LogP contribution in [0.3, 0.4) is 0 Å². The number of furan rings is 1. The largest absolute Gasteiger partial charge is 0.465 e. The van der Waals surface area contributed by atoms with Gasteiger partial charge in [-0.25, -0.2) is 8.78 Å². The highest BCUT2D eigenvalue weighted by molar-refractivity contribution is 6.06. The highest BCUT2D eigenvalue weighted by Gasteiger charge is 2.06. The molecule has 0 N–H and O–H groups in total. The summed E-state index contributed by atoms with van der Waals surface area (Å²) in [6, 6.07) is 6.02. The second kappa shape index (κ2) is 4.74. The summed E-state index contributed by atoms with van der Waals surface area (Å²) < 4.78 is 30.7. The number of rotatable bonds is 3. The van der Waals surface area contributed by atoms with Gasteiger partial charge in [0.25, 0.3) is 0 Å². The zero-order valence-corrected chi connectivity index (χ0v) is 8.69. The third kappa shape index (κ3) is 2.87. The van der Waals surface area contributed by atoms with Gasteiger partial charge in [-0.3, -0.25) is 4.79 Å². The molecular formula is C13H8F2O2. The SMILES string of the molecule is O=C(/C=C/c1ccco1)c1cc(F)cc(F)c1. The van der Waals surface area contributed by atoms with Crippen LogP contribution >= 0.6 is 0 Å². The van der Waals surface area contributed by atoms with E-state index in [1.165, 1.54) is 18.4 Å². The molecule has 1 aromatic heterocycles. The minimum absolute atomic E-state index is 0.0368. The molecule has 2 rings (SSSR count). The zero-order valence-electron chi connectivity index (χ0n) is 8.69. The van der Waals surface area contributed by atoms with Gasteiger partial charge in [0, 0.05) is 11.6 Å². The minimum atomic E-state index is -0.778. The number of halogens is 2. The number of hydrogen-bond acceptors (Lipinski definition) is 2. The van der Waals surface area contributed by atoms with Crippen molar-refractivity contribution in [2.75, 3.05) is 0 Å². The fraction of sp³-hybridized carbons (Fsp3) is 0. The van der Waals surface area contributed by atoms with E-state index in [9.17, 15) is 13.6 Å². The smallest absolute Gasteiger partial charge is 0.186 e. The van der Waals surface area contributed by atoms with Crippen molar-refractivity contribution in [1.29, 1.82) is 0 Å². The first-order valence-electron chi connectivity index (χ1n) is 4.87. The summed E-state index contributed by atoms with van der Waals surface area (Å²) in [5, 5.41) is 0. The van der Waals surface area contributed by atoms with Crippen LogP contribution in [0.5, 0.6) is 0 Å². The Morgan fingerprint density at radius 3 is 2.47 bits per heavy atom. The lowest BCUT2D eigenvalue weighted by molar-refractivity contribution is 0.104. The first kappa shape index (κ1) is 11.3. The predicted molar refractivity (Wildman–Crippen MR) is 58.4 cm³/mol. The predicted octanol–water partition coefficient (Wildman–Crippen LogP) is 3.45. The summed E-state index contributed by atoms with van der Waals surface area (Å²) in [6.45, 7) is 0. The lowest BCUT2D eigenvalue weighted by atomic mass is 10.1. The van der Waals surface area contributed by atoms with E-state index in [2.05, 4.69) is 0 Å². The maximum Gasteiger partial charge on any atom is 0.186 e. The molecule has 0 saturated heterocycles. The van der Waals surface area contributed by atoms with Crippen LogP contribution in [0, 0.1) is 11.6 Å². The average molecular weight is 234 g/mol. The maximum atomic E-state index is 12.9. The molecule has 0 bridgehead atoms. The first-order chi connectivity index (χ1) is 8.15. The number of ketones is 1. The van der Waals surface area contributed by atoms with E-state index < -0.39 is 17.4 Å². The van der Waals surface area contributed by atoms with Crippen molar-refractivity contribution >= 4 is 11.9 Å². The number of carbonyl (C=O) groups excluding carboxylic acids is 1. The number of benzene rings is 1. The Labute approximate surface area is 96.2 Å². The molecule has 0 amide bonds. The molecule has 0 fully saturated rings. The van der Waals surface area contributed by atoms with Crippen LogP contribution in [0.25, 0.3) is 6.08 Å². The Hall–Kier alpha value is -2.23. The lowest BCUT2D eigenvalue weighted by Gasteiger charge is -1.96. The molecule has 0 saturated carbocycles. The van der Waals surface area contributed by atoms with Gasteiger partial charge in [0.05, 0.1) is 6.26 Å². The van der Waals surface area contributed by atoms with E-state index in [4.69, 9.17) is 4.42 Å². The number of carbonyl (C=O) groups is 1. The fourth-order valence-corrected chi connectivity index (χ4v) is 1.34. The van der Waals surface area contributed by atoms with Gasteiger partial charge in [-0.05, 0) is 36.4 Å². The van der Waals surface area contributed by atoms with E-state index in [0.717, 1.165) is 12.1 Å². The van der Waals surface area contributed by atoms with Gasteiger partial charge in [-0.2, -0.15) is 0 Å². The molecule has 86 valence electrons. The van der Waals surface area contributed by atoms with Gasteiger partial charge in [0.1, 0.15) is 17.4 Å². The maximum absolute atomic E-state index is 12.9. The molecule has 0 aliphatic rings. The Balaban J connectivity index is 2.20. The van der Waals surface area contributed by atoms with Crippen LogP contribution in [0.2, 0.25) is 0 Å². The molecule has 0 aliphatic heterocycles. The summed E-state index contributed by atoms with van der Waals surface area (Å²) in [5.41, 5.74) is -0.0368. The van der Waals surface area contributed by atoms with Crippen molar-refractivity contribution in [1.82, 2.24) is 0 Å². The van der Waals surface area contributed by atoms with Crippen LogP contribution in [0.4, 0.5) is 8.78 Å². The Bertz CT molecular complexity index is 537. The molecule has 0 unspecified atom stereocenters. The van der Waals surface area contributed by atoms with Crippen LogP contribution in [-0.4, -0.2) is 5.78 Å². The quantitative estimate of drug-likeness (QED) is 0.601. The second-order valence-corrected chi connectivity index (χ2v) is 3.37. The molecule has 0 atom stereocenters. The van der Waals surface area contributed by atoms with E-state index >= 15 is 0 Å². The summed E-state index contributed by atoms with van der Waals surface area (Å²) in [5.74, 6) is -1.55. The Morgan fingerprint density at radius 2 is 1.88 bits per heavy atom. The monoisotopic (exact) mass is 234 g/mol. The topological polar surface area (TPSA) is 30.2 Å². The van der Waals surface area contributed by atoms with Crippen molar-refractivity contribution in [3.8, 4) is 0 Å². The molecule has 2 aromatic rings. The highest BCUT2D eigenvalue weighted by atomic mass is 19.1. The van der Waals surface area contributed by atoms with E-state index in [1.807, 2.05) is 0 Å². The zero-order chi connectivity index (χ0) is 12.3. The summed E-state index contributed by atoms with van der Waals surface area (Å²) >= 11 is 0. The van der Waals surface area contributed by atoms with Gasteiger partial charge in [0.15, 0.2) is 5.78 Å². The van der Waals surface area contributed by atoms with Crippen molar-refractivity contribution in [3.05, 3.63) is 65.6 Å². The van der Waals surface area contributed by atoms with Gasteiger partial charge < -0.3 is 4.42 Å². The Morgan fingerprint density at radius 1 is 1.18 bits per heavy atom.